The van der Waals surface area contributed by atoms with Crippen LogP contribution in [0.1, 0.15) is 157 Å². The van der Waals surface area contributed by atoms with Crippen LogP contribution in [0.4, 0.5) is 0 Å². The third-order valence-electron chi connectivity index (χ3n) is 8.19. The second kappa shape index (κ2) is 27.1. The molecule has 8 aromatic heterocycles. The first-order chi connectivity index (χ1) is 27.7. The maximum atomic E-state index is 4.26. The summed E-state index contributed by atoms with van der Waals surface area (Å²) < 4.78 is 5.65. The smallest absolute Gasteiger partial charge is 0.156 e. The molecule has 0 aliphatic carbocycles. The Labute approximate surface area is 342 Å². The Morgan fingerprint density at radius 3 is 1.63 bits per heavy atom. The van der Waals surface area contributed by atoms with Crippen molar-refractivity contribution in [3.8, 4) is 0 Å². The second-order valence-electron chi connectivity index (χ2n) is 13.0. The average molecular weight is 775 g/mol. The molecule has 10 heteroatoms. The number of imidazole rings is 2. The number of nitrogens with zero attached hydrogens (tertiary/aromatic N) is 10. The highest BCUT2D eigenvalue weighted by Gasteiger charge is 2.07. The maximum Gasteiger partial charge on any atom is 0.156 e. The molecule has 0 aromatic carbocycles. The molecule has 8 aromatic rings. The van der Waals surface area contributed by atoms with E-state index in [-0.39, 0.29) is 0 Å². The minimum atomic E-state index is 0.476. The number of hydrogen-bond acceptors (Lipinski definition) is 7. The van der Waals surface area contributed by atoms with Crippen molar-refractivity contribution < 1.29 is 0 Å². The van der Waals surface area contributed by atoms with E-state index < -0.39 is 0 Å². The van der Waals surface area contributed by atoms with Gasteiger partial charge in [0, 0.05) is 78.5 Å². The minimum absolute atomic E-state index is 0.476. The molecule has 0 bridgehead atoms. The lowest BCUT2D eigenvalue weighted by Crippen LogP contribution is -1.96. The van der Waals surface area contributed by atoms with Crippen LogP contribution < -0.4 is 0 Å². The Kier molecular flexibility index (Phi) is 23.6. The van der Waals surface area contributed by atoms with E-state index in [0.29, 0.717) is 23.7 Å². The molecule has 0 saturated carbocycles. The largest absolute Gasteiger partial charge is 0.290 e. The molecule has 0 unspecified atom stereocenters. The lowest BCUT2D eigenvalue weighted by atomic mass is 10.0. The first-order valence-corrected chi connectivity index (χ1v) is 20.8. The summed E-state index contributed by atoms with van der Waals surface area (Å²) in [5, 5.41) is 9.55. The number of fused-ring (bicyclic) bond motifs is 4. The molecule has 0 spiro atoms. The maximum absolute atomic E-state index is 4.26. The molecule has 0 fully saturated rings. The molecule has 308 valence electrons. The van der Waals surface area contributed by atoms with Crippen LogP contribution in [0.25, 0.3) is 27.7 Å². The van der Waals surface area contributed by atoms with E-state index in [1.54, 1.807) is 29.4 Å². The van der Waals surface area contributed by atoms with E-state index in [9.17, 15) is 0 Å². The summed E-state index contributed by atoms with van der Waals surface area (Å²) in [6, 6.07) is 12.3. The molecule has 0 N–H and O–H groups in total. The van der Waals surface area contributed by atoms with Crippen molar-refractivity contribution in [2.24, 2.45) is 0 Å². The second-order valence-corrected chi connectivity index (χ2v) is 13.0. The third kappa shape index (κ3) is 14.2. The third-order valence-corrected chi connectivity index (χ3v) is 8.19. The lowest BCUT2D eigenvalue weighted by molar-refractivity contribution is 0.835. The van der Waals surface area contributed by atoms with Crippen molar-refractivity contribution in [1.82, 2.24) is 48.5 Å². The topological polar surface area (TPSA) is 103 Å². The van der Waals surface area contributed by atoms with Gasteiger partial charge in [0.2, 0.25) is 0 Å². The zero-order valence-corrected chi connectivity index (χ0v) is 37.7. The quantitative estimate of drug-likeness (QED) is 0.175. The Morgan fingerprint density at radius 2 is 1.00 bits per heavy atom. The molecule has 8 heterocycles. The molecule has 0 atom stereocenters. The van der Waals surface area contributed by atoms with E-state index in [1.165, 1.54) is 33.2 Å². The summed E-state index contributed by atoms with van der Waals surface area (Å²) in [7, 11) is 0. The molecule has 8 rings (SSSR count). The summed E-state index contributed by atoms with van der Waals surface area (Å²) in [4.78, 5) is 20.9. The Bertz CT molecular complexity index is 2030. The van der Waals surface area contributed by atoms with Gasteiger partial charge in [-0.3, -0.25) is 14.4 Å². The van der Waals surface area contributed by atoms with Gasteiger partial charge in [-0.15, -0.1) is 0 Å². The fraction of sp³-hybridized carbons (Fsp3) is 0.426. The Morgan fingerprint density at radius 1 is 0.439 bits per heavy atom. The predicted octanol–water partition coefficient (Wildman–Crippen LogP) is 13.0. The molecule has 57 heavy (non-hydrogen) atoms. The van der Waals surface area contributed by atoms with Crippen molar-refractivity contribution in [1.29, 1.82) is 0 Å². The van der Waals surface area contributed by atoms with E-state index in [2.05, 4.69) is 109 Å². The van der Waals surface area contributed by atoms with Crippen molar-refractivity contribution in [2.45, 2.75) is 134 Å². The Balaban J connectivity index is 0.000000358. The molecule has 0 aliphatic heterocycles. The van der Waals surface area contributed by atoms with Crippen LogP contribution in [-0.4, -0.2) is 48.5 Å². The standard InChI is InChI=1S/C11H12N2.C10H12N2.2C9H11N3.4C2H6/c1-8(2)9-4-6-13-11-7-12-5-3-10(9)11;1-8(2)9-5-6-11-12-7-3-4-10(9)12;1-7(2)8-5-10-6-12-4-3-11-9(8)12;1-7(2)8-3-4-11-12-6-5-10-9(8)12;4*1-2/h3-8H,1-2H3;3-8H,1-2H3;2*3-7H,1-2H3;4*1-2H3. The Hall–Kier alpha value is -5.51. The van der Waals surface area contributed by atoms with Gasteiger partial charge in [-0.2, -0.15) is 10.2 Å². The molecular weight excluding hydrogens is 705 g/mol. The first-order valence-electron chi connectivity index (χ1n) is 20.8. The van der Waals surface area contributed by atoms with Gasteiger partial charge in [-0.05, 0) is 71.2 Å². The predicted molar refractivity (Wildman–Crippen MR) is 242 cm³/mol. The SMILES string of the molecule is CC.CC.CC.CC.CC(C)c1ccnc2cnccc12.CC(C)c1ccnn2cccc12.CC(C)c1ccnn2ccnc12.CC(C)c1cncn2ccnc12. The van der Waals surface area contributed by atoms with Crippen LogP contribution in [0.3, 0.4) is 0 Å². The van der Waals surface area contributed by atoms with Crippen LogP contribution in [-0.2, 0) is 0 Å². The molecule has 0 saturated heterocycles. The molecule has 0 amide bonds. The minimum Gasteiger partial charge on any atom is -0.290 e. The average Bonchev–Trinajstić information content (AvgIpc) is 4.05. The highest BCUT2D eigenvalue weighted by atomic mass is 15.2. The van der Waals surface area contributed by atoms with Crippen molar-refractivity contribution in [3.63, 3.8) is 0 Å². The molecule has 10 nitrogen and oxygen atoms in total. The van der Waals surface area contributed by atoms with Gasteiger partial charge in [-0.1, -0.05) is 111 Å². The summed E-state index contributed by atoms with van der Waals surface area (Å²) in [5.74, 6) is 2.07. The number of pyridine rings is 2. The zero-order chi connectivity index (χ0) is 42.9. The molecule has 0 radical (unpaired) electrons. The van der Waals surface area contributed by atoms with Crippen LogP contribution in [0.5, 0.6) is 0 Å². The number of rotatable bonds is 4. The van der Waals surface area contributed by atoms with Gasteiger partial charge in [-0.25, -0.2) is 24.0 Å². The van der Waals surface area contributed by atoms with E-state index in [0.717, 1.165) is 16.8 Å². The van der Waals surface area contributed by atoms with Crippen molar-refractivity contribution in [3.05, 3.63) is 133 Å². The highest BCUT2D eigenvalue weighted by molar-refractivity contribution is 5.81. The van der Waals surface area contributed by atoms with Crippen molar-refractivity contribution >= 4 is 27.7 Å². The van der Waals surface area contributed by atoms with E-state index in [4.69, 9.17) is 0 Å². The number of aromatic nitrogens is 10. The first kappa shape index (κ1) is 49.5. The molecular formula is C47H70N10. The normalized spacial score (nSPS) is 10.0. The fourth-order valence-corrected chi connectivity index (χ4v) is 5.57. The van der Waals surface area contributed by atoms with Gasteiger partial charge in [0.05, 0.1) is 17.2 Å². The van der Waals surface area contributed by atoms with Crippen LogP contribution in [0, 0.1) is 0 Å². The van der Waals surface area contributed by atoms with Crippen molar-refractivity contribution in [2.75, 3.05) is 0 Å². The fourth-order valence-electron chi connectivity index (χ4n) is 5.57. The van der Waals surface area contributed by atoms with Crippen LogP contribution >= 0.6 is 0 Å². The monoisotopic (exact) mass is 775 g/mol. The van der Waals surface area contributed by atoms with Crippen LogP contribution in [0.2, 0.25) is 0 Å². The van der Waals surface area contributed by atoms with Gasteiger partial charge < -0.3 is 0 Å². The van der Waals surface area contributed by atoms with Gasteiger partial charge in [0.15, 0.2) is 5.65 Å². The van der Waals surface area contributed by atoms with Gasteiger partial charge >= 0.3 is 0 Å². The summed E-state index contributed by atoms with van der Waals surface area (Å²) in [6.45, 7) is 33.4. The van der Waals surface area contributed by atoms with E-state index >= 15 is 0 Å². The van der Waals surface area contributed by atoms with Gasteiger partial charge in [0.1, 0.15) is 12.0 Å². The summed E-state index contributed by atoms with van der Waals surface area (Å²) in [6.07, 6.45) is 22.1. The summed E-state index contributed by atoms with van der Waals surface area (Å²) >= 11 is 0. The highest BCUT2D eigenvalue weighted by Crippen LogP contribution is 2.23. The summed E-state index contributed by atoms with van der Waals surface area (Å²) in [5.41, 5.74) is 9.31. The molecule has 0 aliphatic rings. The zero-order valence-electron chi connectivity index (χ0n) is 37.7. The van der Waals surface area contributed by atoms with Crippen LogP contribution in [0.15, 0.2) is 111 Å². The van der Waals surface area contributed by atoms with Gasteiger partial charge in [0.25, 0.3) is 0 Å². The lowest BCUT2D eigenvalue weighted by Gasteiger charge is -2.07. The number of hydrogen-bond donors (Lipinski definition) is 0. The van der Waals surface area contributed by atoms with E-state index in [1.807, 2.05) is 132 Å².